The number of hydrogen-bond donors (Lipinski definition) is 0. The predicted octanol–water partition coefficient (Wildman–Crippen LogP) is 1.30. The van der Waals surface area contributed by atoms with Crippen LogP contribution in [0.3, 0.4) is 0 Å². The Morgan fingerprint density at radius 3 is 2.55 bits per heavy atom. The molecule has 2 heteroatoms. The largest absolute Gasteiger partial charge is 0.493 e. The maximum Gasteiger partial charge on any atom is 0.172 e. The van der Waals surface area contributed by atoms with Crippen LogP contribution in [0.2, 0.25) is 0 Å². The van der Waals surface area contributed by atoms with Gasteiger partial charge < -0.3 is 4.74 Å². The third-order valence-electron chi connectivity index (χ3n) is 1.42. The highest BCUT2D eigenvalue weighted by atomic mass is 16.5. The molecule has 0 fully saturated rings. The van der Waals surface area contributed by atoms with E-state index in [1.807, 2.05) is 36.1 Å². The second-order valence-corrected chi connectivity index (χ2v) is 2.55. The van der Waals surface area contributed by atoms with E-state index in [-0.39, 0.29) is 0 Å². The first kappa shape index (κ1) is 8.05. The number of hydrogen-bond acceptors (Lipinski definition) is 1. The van der Waals surface area contributed by atoms with E-state index in [2.05, 4.69) is 6.92 Å². The van der Waals surface area contributed by atoms with Crippen molar-refractivity contribution in [1.29, 1.82) is 0 Å². The van der Waals surface area contributed by atoms with E-state index in [9.17, 15) is 0 Å². The number of aromatic nitrogens is 1. The van der Waals surface area contributed by atoms with Crippen molar-refractivity contribution in [2.24, 2.45) is 7.05 Å². The molecule has 1 heterocycles. The number of rotatable bonds is 3. The van der Waals surface area contributed by atoms with Crippen LogP contribution in [0, 0.1) is 0 Å². The van der Waals surface area contributed by atoms with Crippen LogP contribution in [0.5, 0.6) is 5.75 Å². The van der Waals surface area contributed by atoms with Gasteiger partial charge in [0, 0.05) is 12.1 Å². The first-order valence-electron chi connectivity index (χ1n) is 3.91. The average molecular weight is 152 g/mol. The molecule has 0 N–H and O–H groups in total. The Morgan fingerprint density at radius 1 is 1.36 bits per heavy atom. The normalized spacial score (nSPS) is 9.64. The quantitative estimate of drug-likeness (QED) is 0.595. The molecule has 0 aromatic carbocycles. The van der Waals surface area contributed by atoms with Crippen molar-refractivity contribution >= 4 is 0 Å². The molecule has 0 aliphatic rings. The second kappa shape index (κ2) is 3.96. The highest BCUT2D eigenvalue weighted by molar-refractivity contribution is 5.14. The van der Waals surface area contributed by atoms with Crippen molar-refractivity contribution < 1.29 is 9.30 Å². The van der Waals surface area contributed by atoms with E-state index in [1.165, 1.54) is 0 Å². The molecule has 2 nitrogen and oxygen atoms in total. The lowest BCUT2D eigenvalue weighted by Gasteiger charge is -2.01. The minimum Gasteiger partial charge on any atom is -0.493 e. The van der Waals surface area contributed by atoms with E-state index in [0.717, 1.165) is 18.8 Å². The molecule has 0 unspecified atom stereocenters. The van der Waals surface area contributed by atoms with E-state index in [4.69, 9.17) is 4.74 Å². The van der Waals surface area contributed by atoms with Crippen molar-refractivity contribution in [1.82, 2.24) is 0 Å². The van der Waals surface area contributed by atoms with Crippen molar-refractivity contribution in [2.45, 2.75) is 13.3 Å². The fourth-order valence-electron chi connectivity index (χ4n) is 0.803. The summed E-state index contributed by atoms with van der Waals surface area (Å²) in [6.45, 7) is 2.90. The van der Waals surface area contributed by atoms with Gasteiger partial charge in [0.05, 0.1) is 6.61 Å². The molecule has 1 rings (SSSR count). The summed E-state index contributed by atoms with van der Waals surface area (Å²) in [5.41, 5.74) is 0. The summed E-state index contributed by atoms with van der Waals surface area (Å²) in [4.78, 5) is 0. The molecule has 0 saturated carbocycles. The zero-order valence-electron chi connectivity index (χ0n) is 7.08. The first-order valence-corrected chi connectivity index (χ1v) is 3.91. The van der Waals surface area contributed by atoms with Crippen molar-refractivity contribution in [2.75, 3.05) is 6.61 Å². The molecule has 1 aromatic heterocycles. The van der Waals surface area contributed by atoms with E-state index in [0.29, 0.717) is 0 Å². The predicted molar refractivity (Wildman–Crippen MR) is 43.4 cm³/mol. The number of aryl methyl sites for hydroxylation is 1. The molecule has 0 atom stereocenters. The topological polar surface area (TPSA) is 13.1 Å². The van der Waals surface area contributed by atoms with Crippen LogP contribution < -0.4 is 9.30 Å². The van der Waals surface area contributed by atoms with Crippen LogP contribution in [-0.2, 0) is 7.05 Å². The maximum absolute atomic E-state index is 5.40. The third kappa shape index (κ3) is 2.58. The van der Waals surface area contributed by atoms with Gasteiger partial charge >= 0.3 is 0 Å². The van der Waals surface area contributed by atoms with Gasteiger partial charge in [0.2, 0.25) is 0 Å². The van der Waals surface area contributed by atoms with Crippen molar-refractivity contribution in [3.8, 4) is 5.75 Å². The highest BCUT2D eigenvalue weighted by Gasteiger charge is 1.94. The van der Waals surface area contributed by atoms with Crippen molar-refractivity contribution in [3.05, 3.63) is 24.5 Å². The van der Waals surface area contributed by atoms with Gasteiger partial charge in [0.15, 0.2) is 12.4 Å². The van der Waals surface area contributed by atoms with Crippen LogP contribution in [0.25, 0.3) is 0 Å². The summed E-state index contributed by atoms with van der Waals surface area (Å²) in [7, 11) is 1.99. The molecule has 1 aromatic rings. The molecule has 0 aliphatic heterocycles. The molecule has 0 bridgehead atoms. The first-order chi connectivity index (χ1) is 5.33. The molecule has 11 heavy (non-hydrogen) atoms. The molecular weight excluding hydrogens is 138 g/mol. The molecule has 0 amide bonds. The lowest BCUT2D eigenvalue weighted by molar-refractivity contribution is -0.671. The summed E-state index contributed by atoms with van der Waals surface area (Å²) in [5.74, 6) is 0.949. The summed E-state index contributed by atoms with van der Waals surface area (Å²) in [6.07, 6.45) is 5.01. The summed E-state index contributed by atoms with van der Waals surface area (Å²) < 4.78 is 7.38. The third-order valence-corrected chi connectivity index (χ3v) is 1.42. The Bertz CT molecular complexity index is 205. The van der Waals surface area contributed by atoms with Gasteiger partial charge in [-0.3, -0.25) is 0 Å². The summed E-state index contributed by atoms with van der Waals surface area (Å²) >= 11 is 0. The SMILES string of the molecule is CCCOc1cc[n+](C)cc1. The standard InChI is InChI=1S/C9H14NO/c1-3-8-11-9-4-6-10(2)7-5-9/h4-7H,3,8H2,1-2H3/q+1. The van der Waals surface area contributed by atoms with E-state index < -0.39 is 0 Å². The zero-order valence-corrected chi connectivity index (χ0v) is 7.08. The molecule has 0 spiro atoms. The highest BCUT2D eigenvalue weighted by Crippen LogP contribution is 2.05. The van der Waals surface area contributed by atoms with Crippen LogP contribution in [0.4, 0.5) is 0 Å². The van der Waals surface area contributed by atoms with Gasteiger partial charge in [-0.1, -0.05) is 6.92 Å². The molecule has 0 radical (unpaired) electrons. The van der Waals surface area contributed by atoms with Gasteiger partial charge in [-0.2, -0.15) is 0 Å². The minimum atomic E-state index is 0.799. The second-order valence-electron chi connectivity index (χ2n) is 2.55. The summed E-state index contributed by atoms with van der Waals surface area (Å²) in [5, 5.41) is 0. The molecular formula is C9H14NO+. The van der Waals surface area contributed by atoms with Crippen molar-refractivity contribution in [3.63, 3.8) is 0 Å². The number of pyridine rings is 1. The Labute approximate surface area is 67.4 Å². The maximum atomic E-state index is 5.40. The molecule has 0 saturated heterocycles. The van der Waals surface area contributed by atoms with Crippen LogP contribution in [-0.4, -0.2) is 6.61 Å². The minimum absolute atomic E-state index is 0.799. The smallest absolute Gasteiger partial charge is 0.172 e. The monoisotopic (exact) mass is 152 g/mol. The summed E-state index contributed by atoms with van der Waals surface area (Å²) in [6, 6.07) is 3.94. The van der Waals surface area contributed by atoms with Gasteiger partial charge in [-0.25, -0.2) is 4.57 Å². The Kier molecular flexibility index (Phi) is 2.90. The van der Waals surface area contributed by atoms with Gasteiger partial charge in [-0.15, -0.1) is 0 Å². The average Bonchev–Trinajstić information content (AvgIpc) is 2.04. The molecule has 0 aliphatic carbocycles. The van der Waals surface area contributed by atoms with Crippen LogP contribution in [0.1, 0.15) is 13.3 Å². The number of ether oxygens (including phenoxy) is 1. The van der Waals surface area contributed by atoms with Gasteiger partial charge in [0.1, 0.15) is 12.8 Å². The Balaban J connectivity index is 2.52. The Morgan fingerprint density at radius 2 is 2.00 bits per heavy atom. The van der Waals surface area contributed by atoms with Crippen LogP contribution >= 0.6 is 0 Å². The fraction of sp³-hybridized carbons (Fsp3) is 0.444. The lowest BCUT2D eigenvalue weighted by Crippen LogP contribution is -2.25. The molecule has 60 valence electrons. The van der Waals surface area contributed by atoms with Crippen LogP contribution in [0.15, 0.2) is 24.5 Å². The fourth-order valence-corrected chi connectivity index (χ4v) is 0.803. The number of nitrogens with zero attached hydrogens (tertiary/aromatic N) is 1. The van der Waals surface area contributed by atoms with E-state index in [1.54, 1.807) is 0 Å². The Hall–Kier alpha value is -1.05. The zero-order chi connectivity index (χ0) is 8.10. The van der Waals surface area contributed by atoms with Gasteiger partial charge in [0.25, 0.3) is 0 Å². The lowest BCUT2D eigenvalue weighted by atomic mass is 10.4. The van der Waals surface area contributed by atoms with E-state index >= 15 is 0 Å². The van der Waals surface area contributed by atoms with Gasteiger partial charge in [-0.05, 0) is 6.42 Å².